The molecule has 4 nitrogen and oxygen atoms in total. The molecule has 0 atom stereocenters. The Morgan fingerprint density at radius 2 is 1.34 bits per heavy atom. The Bertz CT molecular complexity index is 1550. The number of aliphatic hydroxyl groups is 1. The van der Waals surface area contributed by atoms with Crippen LogP contribution in [0.25, 0.3) is 28.2 Å². The summed E-state index contributed by atoms with van der Waals surface area (Å²) >= 11 is 0. The predicted molar refractivity (Wildman–Crippen MR) is 141 cm³/mol. The van der Waals surface area contributed by atoms with Gasteiger partial charge < -0.3 is 9.84 Å². The molecule has 0 aliphatic rings. The highest BCUT2D eigenvalue weighted by molar-refractivity contribution is 5.77. The third-order valence-electron chi connectivity index (χ3n) is 6.11. The molecule has 1 aromatic heterocycles. The van der Waals surface area contributed by atoms with Gasteiger partial charge in [-0.25, -0.2) is 4.98 Å². The summed E-state index contributed by atoms with van der Waals surface area (Å²) in [5.41, 5.74) is 0.00136. The van der Waals surface area contributed by atoms with Crippen LogP contribution in [-0.4, -0.2) is 14.7 Å². The summed E-state index contributed by atoms with van der Waals surface area (Å²) in [5.74, 6) is 1.05. The smallest absolute Gasteiger partial charge is 0.417 e. The third kappa shape index (κ3) is 5.06. The lowest BCUT2D eigenvalue weighted by Gasteiger charge is -2.19. The lowest BCUT2D eigenvalue weighted by atomic mass is 10.0. The molecule has 4 aromatic carbocycles. The van der Waals surface area contributed by atoms with Crippen molar-refractivity contribution in [2.75, 3.05) is 0 Å². The summed E-state index contributed by atoms with van der Waals surface area (Å²) in [6, 6.07) is 29.5. The molecule has 0 saturated heterocycles. The van der Waals surface area contributed by atoms with E-state index in [-0.39, 0.29) is 17.1 Å². The largest absolute Gasteiger partial charge is 0.455 e. The Labute approximate surface area is 218 Å². The van der Waals surface area contributed by atoms with Gasteiger partial charge in [-0.05, 0) is 43.7 Å². The normalized spacial score (nSPS) is 11.9. The fourth-order valence-corrected chi connectivity index (χ4v) is 4.25. The van der Waals surface area contributed by atoms with Crippen LogP contribution in [0.4, 0.5) is 13.2 Å². The standard InChI is InChI=1S/C31H25F3N2O2/c1-30(2,37)27-20-36(29(35-27)24-16-9-10-18-25(24)31(32,33)34)26-19-11-17-23(21-12-5-3-6-13-21)28(26)38-22-14-7-4-8-15-22/h3-20,37H,1-2H3. The Hall–Kier alpha value is -4.36. The van der Waals surface area contributed by atoms with Gasteiger partial charge in [0.25, 0.3) is 0 Å². The van der Waals surface area contributed by atoms with Crippen molar-refractivity contribution < 1.29 is 23.0 Å². The van der Waals surface area contributed by atoms with E-state index in [1.807, 2.05) is 72.8 Å². The maximum Gasteiger partial charge on any atom is 0.417 e. The first-order chi connectivity index (χ1) is 18.1. The van der Waals surface area contributed by atoms with E-state index >= 15 is 0 Å². The number of alkyl halides is 3. The number of aromatic nitrogens is 2. The van der Waals surface area contributed by atoms with Crippen LogP contribution in [-0.2, 0) is 11.8 Å². The van der Waals surface area contributed by atoms with Crippen LogP contribution in [0.3, 0.4) is 0 Å². The summed E-state index contributed by atoms with van der Waals surface area (Å²) in [6.07, 6.45) is -3.04. The van der Waals surface area contributed by atoms with Gasteiger partial charge in [0.1, 0.15) is 17.2 Å². The van der Waals surface area contributed by atoms with Gasteiger partial charge in [0.15, 0.2) is 5.75 Å². The quantitative estimate of drug-likeness (QED) is 0.248. The molecule has 0 amide bonds. The van der Waals surface area contributed by atoms with Crippen molar-refractivity contribution in [2.24, 2.45) is 0 Å². The predicted octanol–water partition coefficient (Wildman–Crippen LogP) is 8.24. The number of hydrogen-bond acceptors (Lipinski definition) is 3. The molecule has 0 radical (unpaired) electrons. The highest BCUT2D eigenvalue weighted by atomic mass is 19.4. The summed E-state index contributed by atoms with van der Waals surface area (Å²) in [5, 5.41) is 10.8. The van der Waals surface area contributed by atoms with E-state index in [2.05, 4.69) is 4.98 Å². The minimum Gasteiger partial charge on any atom is -0.455 e. The molecule has 0 unspecified atom stereocenters. The molecule has 7 heteroatoms. The first-order valence-corrected chi connectivity index (χ1v) is 12.0. The molecule has 5 aromatic rings. The SMILES string of the molecule is CC(C)(O)c1cn(-c2cccc(-c3ccccc3)c2Oc2ccccc2)c(-c2ccccc2C(F)(F)F)n1. The number of para-hydroxylation sites is 2. The number of hydrogen-bond donors (Lipinski definition) is 1. The number of benzene rings is 4. The van der Waals surface area contributed by atoms with Crippen LogP contribution in [0.2, 0.25) is 0 Å². The van der Waals surface area contributed by atoms with Crippen molar-refractivity contribution in [3.8, 4) is 39.7 Å². The van der Waals surface area contributed by atoms with E-state index in [0.717, 1.165) is 17.2 Å². The van der Waals surface area contributed by atoms with E-state index in [1.165, 1.54) is 18.2 Å². The average Bonchev–Trinajstić information content (AvgIpc) is 3.35. The van der Waals surface area contributed by atoms with Gasteiger partial charge in [-0.3, -0.25) is 4.57 Å². The summed E-state index contributed by atoms with van der Waals surface area (Å²) in [4.78, 5) is 4.51. The van der Waals surface area contributed by atoms with Gasteiger partial charge in [-0.1, -0.05) is 78.9 Å². The highest BCUT2D eigenvalue weighted by Gasteiger charge is 2.35. The molecular weight excluding hydrogens is 489 g/mol. The van der Waals surface area contributed by atoms with Crippen LogP contribution < -0.4 is 4.74 Å². The van der Waals surface area contributed by atoms with Crippen LogP contribution in [0, 0.1) is 0 Å². The molecule has 0 spiro atoms. The second-order valence-electron chi connectivity index (χ2n) is 9.36. The number of rotatable bonds is 6. The lowest BCUT2D eigenvalue weighted by molar-refractivity contribution is -0.137. The molecule has 0 bridgehead atoms. The second kappa shape index (κ2) is 9.84. The van der Waals surface area contributed by atoms with E-state index < -0.39 is 17.3 Å². The van der Waals surface area contributed by atoms with Crippen molar-refractivity contribution in [1.29, 1.82) is 0 Å². The molecule has 0 fully saturated rings. The van der Waals surface area contributed by atoms with Gasteiger partial charge in [0, 0.05) is 17.3 Å². The molecule has 192 valence electrons. The van der Waals surface area contributed by atoms with Crippen LogP contribution >= 0.6 is 0 Å². The maximum absolute atomic E-state index is 14.1. The van der Waals surface area contributed by atoms with Crippen molar-refractivity contribution in [3.05, 3.63) is 121 Å². The Kier molecular flexibility index (Phi) is 6.55. The van der Waals surface area contributed by atoms with Crippen molar-refractivity contribution in [1.82, 2.24) is 9.55 Å². The number of ether oxygens (including phenoxy) is 1. The van der Waals surface area contributed by atoms with Crippen LogP contribution in [0.5, 0.6) is 11.5 Å². The number of halogens is 3. The molecule has 5 rings (SSSR count). The molecular formula is C31H25F3N2O2. The number of imidazole rings is 1. The van der Waals surface area contributed by atoms with Crippen molar-refractivity contribution in [3.63, 3.8) is 0 Å². The highest BCUT2D eigenvalue weighted by Crippen LogP contribution is 2.42. The Morgan fingerprint density at radius 1 is 0.737 bits per heavy atom. The van der Waals surface area contributed by atoms with E-state index in [9.17, 15) is 18.3 Å². The third-order valence-corrected chi connectivity index (χ3v) is 6.11. The first-order valence-electron chi connectivity index (χ1n) is 12.0. The zero-order valence-corrected chi connectivity index (χ0v) is 20.8. The summed E-state index contributed by atoms with van der Waals surface area (Å²) in [6.45, 7) is 3.09. The zero-order chi connectivity index (χ0) is 26.9. The summed E-state index contributed by atoms with van der Waals surface area (Å²) in [7, 11) is 0. The fourth-order valence-electron chi connectivity index (χ4n) is 4.25. The molecule has 0 aliphatic carbocycles. The minimum absolute atomic E-state index is 0.0400. The van der Waals surface area contributed by atoms with Crippen molar-refractivity contribution in [2.45, 2.75) is 25.6 Å². The Morgan fingerprint density at radius 3 is 2.00 bits per heavy atom. The monoisotopic (exact) mass is 514 g/mol. The van der Waals surface area contributed by atoms with E-state index in [1.54, 1.807) is 30.7 Å². The van der Waals surface area contributed by atoms with Gasteiger partial charge in [-0.2, -0.15) is 13.2 Å². The van der Waals surface area contributed by atoms with Crippen molar-refractivity contribution >= 4 is 0 Å². The zero-order valence-electron chi connectivity index (χ0n) is 20.8. The second-order valence-corrected chi connectivity index (χ2v) is 9.36. The molecule has 1 N–H and O–H groups in total. The number of nitrogens with zero attached hydrogens (tertiary/aromatic N) is 2. The van der Waals surface area contributed by atoms with Gasteiger partial charge in [0.05, 0.1) is 16.9 Å². The minimum atomic E-state index is -4.60. The molecule has 0 saturated carbocycles. The summed E-state index contributed by atoms with van der Waals surface area (Å²) < 4.78 is 50.1. The van der Waals surface area contributed by atoms with Gasteiger partial charge in [-0.15, -0.1) is 0 Å². The molecule has 38 heavy (non-hydrogen) atoms. The Balaban J connectivity index is 1.81. The molecule has 0 aliphatic heterocycles. The van der Waals surface area contributed by atoms with Crippen LogP contribution in [0.1, 0.15) is 25.1 Å². The van der Waals surface area contributed by atoms with Crippen LogP contribution in [0.15, 0.2) is 109 Å². The first kappa shape index (κ1) is 25.3. The average molecular weight is 515 g/mol. The van der Waals surface area contributed by atoms with Gasteiger partial charge >= 0.3 is 6.18 Å². The molecule has 1 heterocycles. The lowest BCUT2D eigenvalue weighted by Crippen LogP contribution is -2.15. The van der Waals surface area contributed by atoms with E-state index in [0.29, 0.717) is 17.2 Å². The van der Waals surface area contributed by atoms with Gasteiger partial charge in [0.2, 0.25) is 0 Å². The van der Waals surface area contributed by atoms with E-state index in [4.69, 9.17) is 4.74 Å². The fraction of sp³-hybridized carbons (Fsp3) is 0.129. The maximum atomic E-state index is 14.1. The topological polar surface area (TPSA) is 47.3 Å².